The highest BCUT2D eigenvalue weighted by molar-refractivity contribution is 9.10. The van der Waals surface area contributed by atoms with Crippen LogP contribution in [0.3, 0.4) is 0 Å². The molecule has 2 N–H and O–H groups in total. The van der Waals surface area contributed by atoms with Gasteiger partial charge in [-0.1, -0.05) is 15.9 Å². The van der Waals surface area contributed by atoms with Crippen LogP contribution >= 0.6 is 15.9 Å². The Morgan fingerprint density at radius 1 is 1.53 bits per heavy atom. The standard InChI is InChI=1S/C12H12BrN3O/c1-16-5-4-15-12(16)7-11(17)9-3-2-8(13)6-10(9)14/h2-6H,7,14H2,1H3. The van der Waals surface area contributed by atoms with Crippen LogP contribution in [0, 0.1) is 0 Å². The van der Waals surface area contributed by atoms with Gasteiger partial charge in [-0.3, -0.25) is 4.79 Å². The van der Waals surface area contributed by atoms with Gasteiger partial charge in [-0.05, 0) is 18.2 Å². The van der Waals surface area contributed by atoms with Crippen molar-refractivity contribution in [2.24, 2.45) is 7.05 Å². The minimum Gasteiger partial charge on any atom is -0.398 e. The highest BCUT2D eigenvalue weighted by Gasteiger charge is 2.13. The average molecular weight is 294 g/mol. The van der Waals surface area contributed by atoms with E-state index in [-0.39, 0.29) is 12.2 Å². The van der Waals surface area contributed by atoms with Crippen molar-refractivity contribution in [3.8, 4) is 0 Å². The Hall–Kier alpha value is -1.62. The molecule has 1 aromatic carbocycles. The second kappa shape index (κ2) is 4.71. The summed E-state index contributed by atoms with van der Waals surface area (Å²) >= 11 is 3.31. The first-order valence-electron chi connectivity index (χ1n) is 5.12. The van der Waals surface area contributed by atoms with Crippen LogP contribution in [0.2, 0.25) is 0 Å². The molecule has 0 aliphatic rings. The molecule has 0 bridgehead atoms. The number of anilines is 1. The fraction of sp³-hybridized carbons (Fsp3) is 0.167. The lowest BCUT2D eigenvalue weighted by Gasteiger charge is -2.05. The van der Waals surface area contributed by atoms with E-state index in [9.17, 15) is 4.79 Å². The molecule has 0 saturated heterocycles. The van der Waals surface area contributed by atoms with Crippen molar-refractivity contribution in [1.82, 2.24) is 9.55 Å². The second-order valence-electron chi connectivity index (χ2n) is 3.79. The first kappa shape index (κ1) is 11.9. The van der Waals surface area contributed by atoms with Crippen LogP contribution < -0.4 is 5.73 Å². The molecule has 0 aliphatic carbocycles. The second-order valence-corrected chi connectivity index (χ2v) is 4.70. The number of carbonyl (C=O) groups is 1. The molecule has 1 aromatic heterocycles. The summed E-state index contributed by atoms with van der Waals surface area (Å²) in [5.74, 6) is 0.710. The van der Waals surface area contributed by atoms with Gasteiger partial charge >= 0.3 is 0 Å². The Kier molecular flexibility index (Phi) is 3.28. The molecule has 2 aromatic rings. The third-order valence-electron chi connectivity index (χ3n) is 2.55. The number of aryl methyl sites for hydroxylation is 1. The molecule has 1 heterocycles. The van der Waals surface area contributed by atoms with E-state index >= 15 is 0 Å². The molecule has 5 heteroatoms. The number of hydrogen-bond donors (Lipinski definition) is 1. The predicted octanol–water partition coefficient (Wildman–Crippen LogP) is 2.19. The van der Waals surface area contributed by atoms with Crippen molar-refractivity contribution in [2.75, 3.05) is 5.73 Å². The lowest BCUT2D eigenvalue weighted by Crippen LogP contribution is -2.10. The first-order valence-corrected chi connectivity index (χ1v) is 5.91. The van der Waals surface area contributed by atoms with Crippen molar-refractivity contribution in [1.29, 1.82) is 0 Å². The van der Waals surface area contributed by atoms with E-state index in [0.29, 0.717) is 11.3 Å². The first-order chi connectivity index (χ1) is 8.08. The van der Waals surface area contributed by atoms with Crippen LogP contribution in [-0.2, 0) is 13.5 Å². The molecule has 0 unspecified atom stereocenters. The van der Waals surface area contributed by atoms with Gasteiger partial charge < -0.3 is 10.3 Å². The number of aromatic nitrogens is 2. The predicted molar refractivity (Wildman–Crippen MR) is 69.8 cm³/mol. The van der Waals surface area contributed by atoms with Crippen LogP contribution in [0.4, 0.5) is 5.69 Å². The summed E-state index contributed by atoms with van der Waals surface area (Å²) in [5, 5.41) is 0. The summed E-state index contributed by atoms with van der Waals surface area (Å²) in [6.45, 7) is 0. The van der Waals surface area contributed by atoms with E-state index in [4.69, 9.17) is 5.73 Å². The number of ketones is 1. The fourth-order valence-corrected chi connectivity index (χ4v) is 1.97. The van der Waals surface area contributed by atoms with E-state index in [1.807, 2.05) is 23.9 Å². The summed E-state index contributed by atoms with van der Waals surface area (Å²) in [6, 6.07) is 5.26. The zero-order valence-electron chi connectivity index (χ0n) is 9.35. The van der Waals surface area contributed by atoms with E-state index in [1.165, 1.54) is 0 Å². The minimum atomic E-state index is -0.0238. The number of imidazole rings is 1. The summed E-state index contributed by atoms with van der Waals surface area (Å²) in [4.78, 5) is 16.2. The van der Waals surface area contributed by atoms with E-state index in [0.717, 1.165) is 10.3 Å². The zero-order valence-corrected chi connectivity index (χ0v) is 10.9. The molecule has 0 aliphatic heterocycles. The van der Waals surface area contributed by atoms with Gasteiger partial charge in [0.25, 0.3) is 0 Å². The smallest absolute Gasteiger partial charge is 0.172 e. The molecule has 0 spiro atoms. The number of nitrogens with two attached hydrogens (primary N) is 1. The van der Waals surface area contributed by atoms with Crippen molar-refractivity contribution < 1.29 is 4.79 Å². The number of halogens is 1. The van der Waals surface area contributed by atoms with Gasteiger partial charge in [-0.25, -0.2) is 4.98 Å². The number of rotatable bonds is 3. The number of Topliss-reactive ketones (excluding diaryl/α,β-unsaturated/α-hetero) is 1. The molecule has 0 fully saturated rings. The third-order valence-corrected chi connectivity index (χ3v) is 3.05. The molecule has 2 rings (SSSR count). The molecule has 4 nitrogen and oxygen atoms in total. The van der Waals surface area contributed by atoms with Crippen LogP contribution in [0.1, 0.15) is 16.2 Å². The highest BCUT2D eigenvalue weighted by atomic mass is 79.9. The van der Waals surface area contributed by atoms with Crippen LogP contribution in [0.15, 0.2) is 35.1 Å². The van der Waals surface area contributed by atoms with Crippen molar-refractivity contribution in [3.63, 3.8) is 0 Å². The monoisotopic (exact) mass is 293 g/mol. The summed E-state index contributed by atoms with van der Waals surface area (Å²) < 4.78 is 2.69. The molecule has 0 radical (unpaired) electrons. The van der Waals surface area contributed by atoms with Gasteiger partial charge in [-0.15, -0.1) is 0 Å². The van der Waals surface area contributed by atoms with Crippen molar-refractivity contribution >= 4 is 27.4 Å². The van der Waals surface area contributed by atoms with Crippen LogP contribution in [0.25, 0.3) is 0 Å². The van der Waals surface area contributed by atoms with Crippen LogP contribution in [0.5, 0.6) is 0 Å². The largest absolute Gasteiger partial charge is 0.398 e. The molecule has 0 amide bonds. The van der Waals surface area contributed by atoms with Gasteiger partial charge in [0.2, 0.25) is 0 Å². The lowest BCUT2D eigenvalue weighted by molar-refractivity contribution is 0.0991. The molecule has 17 heavy (non-hydrogen) atoms. The van der Waals surface area contributed by atoms with E-state index in [1.54, 1.807) is 18.3 Å². The quantitative estimate of drug-likeness (QED) is 0.697. The molecule has 88 valence electrons. The van der Waals surface area contributed by atoms with Gasteiger partial charge in [0.05, 0.1) is 6.42 Å². The Labute approximate surface area is 108 Å². The number of carbonyl (C=O) groups excluding carboxylic acids is 1. The van der Waals surface area contributed by atoms with Gasteiger partial charge in [0, 0.05) is 35.2 Å². The maximum Gasteiger partial charge on any atom is 0.172 e. The fourth-order valence-electron chi connectivity index (χ4n) is 1.59. The number of nitrogens with zero attached hydrogens (tertiary/aromatic N) is 2. The van der Waals surface area contributed by atoms with E-state index < -0.39 is 0 Å². The maximum absolute atomic E-state index is 12.0. The number of nitrogen functional groups attached to an aromatic ring is 1. The Morgan fingerprint density at radius 2 is 2.29 bits per heavy atom. The average Bonchev–Trinajstić information content (AvgIpc) is 2.64. The SMILES string of the molecule is Cn1ccnc1CC(=O)c1ccc(Br)cc1N. The topological polar surface area (TPSA) is 60.9 Å². The maximum atomic E-state index is 12.0. The van der Waals surface area contributed by atoms with Crippen LogP contribution in [-0.4, -0.2) is 15.3 Å². The highest BCUT2D eigenvalue weighted by Crippen LogP contribution is 2.19. The van der Waals surface area contributed by atoms with Gasteiger partial charge in [0.1, 0.15) is 5.82 Å². The van der Waals surface area contributed by atoms with Crippen molar-refractivity contribution in [2.45, 2.75) is 6.42 Å². The molecular formula is C12H12BrN3O. The Morgan fingerprint density at radius 3 is 2.88 bits per heavy atom. The zero-order chi connectivity index (χ0) is 12.4. The van der Waals surface area contributed by atoms with Crippen molar-refractivity contribution in [3.05, 3.63) is 46.5 Å². The molecule has 0 atom stereocenters. The number of benzene rings is 1. The van der Waals surface area contributed by atoms with Gasteiger partial charge in [0.15, 0.2) is 5.78 Å². The normalized spacial score (nSPS) is 10.5. The minimum absolute atomic E-state index is 0.0238. The third kappa shape index (κ3) is 2.55. The summed E-state index contributed by atoms with van der Waals surface area (Å²) in [5.41, 5.74) is 6.83. The molecular weight excluding hydrogens is 282 g/mol. The lowest BCUT2D eigenvalue weighted by atomic mass is 10.1. The van der Waals surface area contributed by atoms with E-state index in [2.05, 4.69) is 20.9 Å². The Balaban J connectivity index is 2.23. The molecule has 0 saturated carbocycles. The summed E-state index contributed by atoms with van der Waals surface area (Å²) in [6.07, 6.45) is 3.75. The van der Waals surface area contributed by atoms with Gasteiger partial charge in [-0.2, -0.15) is 0 Å². The summed E-state index contributed by atoms with van der Waals surface area (Å²) in [7, 11) is 1.86. The number of hydrogen-bond acceptors (Lipinski definition) is 3. The Bertz CT molecular complexity index is 563.